The zero-order chi connectivity index (χ0) is 12.2. The van der Waals surface area contributed by atoms with Gasteiger partial charge in [-0.15, -0.1) is 0 Å². The van der Waals surface area contributed by atoms with Gasteiger partial charge in [0.1, 0.15) is 35.7 Å². The zero-order valence-electron chi connectivity index (χ0n) is 8.87. The lowest BCUT2D eigenvalue weighted by Crippen LogP contribution is -2.37. The number of aromatic nitrogens is 2. The lowest BCUT2D eigenvalue weighted by molar-refractivity contribution is -0.0282. The smallest absolute Gasteiger partial charge is 0.165 e. The van der Waals surface area contributed by atoms with E-state index in [1.165, 1.54) is 6.33 Å². The molecule has 3 rings (SSSR count). The van der Waals surface area contributed by atoms with Gasteiger partial charge in [0.05, 0.1) is 6.33 Å². The van der Waals surface area contributed by atoms with Gasteiger partial charge in [-0.1, -0.05) is 0 Å². The van der Waals surface area contributed by atoms with Crippen LogP contribution in [0.15, 0.2) is 6.33 Å². The summed E-state index contributed by atoms with van der Waals surface area (Å²) in [6.07, 6.45) is -1.66. The minimum absolute atomic E-state index is 0.154. The molecule has 17 heavy (non-hydrogen) atoms. The van der Waals surface area contributed by atoms with Crippen LogP contribution in [-0.2, 0) is 4.74 Å². The van der Waals surface area contributed by atoms with Gasteiger partial charge in [-0.05, 0) is 0 Å². The first-order valence-electron chi connectivity index (χ1n) is 5.26. The second kappa shape index (κ2) is 3.42. The van der Waals surface area contributed by atoms with E-state index in [1.54, 1.807) is 4.57 Å². The fourth-order valence-corrected chi connectivity index (χ4v) is 2.25. The van der Waals surface area contributed by atoms with Crippen LogP contribution in [0.5, 0.6) is 0 Å². The fourth-order valence-electron chi connectivity index (χ4n) is 2.25. The molecule has 0 spiro atoms. The molecule has 2 unspecified atom stereocenters. The van der Waals surface area contributed by atoms with Crippen LogP contribution in [0.4, 0.5) is 5.82 Å². The van der Waals surface area contributed by atoms with E-state index in [1.807, 2.05) is 0 Å². The van der Waals surface area contributed by atoms with Gasteiger partial charge in [-0.3, -0.25) is 9.98 Å². The molecule has 1 aromatic heterocycles. The van der Waals surface area contributed by atoms with Crippen molar-refractivity contribution >= 4 is 11.7 Å². The Morgan fingerprint density at radius 3 is 3.06 bits per heavy atom. The molecule has 6 N–H and O–H groups in total. The maximum atomic E-state index is 9.85. The van der Waals surface area contributed by atoms with Crippen LogP contribution in [0.25, 0.3) is 0 Å². The van der Waals surface area contributed by atoms with Gasteiger partial charge in [-0.2, -0.15) is 0 Å². The van der Waals surface area contributed by atoms with Crippen LogP contribution in [0.3, 0.4) is 0 Å². The predicted octanol–water partition coefficient (Wildman–Crippen LogP) is -1.79. The number of rotatable bonds is 1. The Morgan fingerprint density at radius 2 is 2.35 bits per heavy atom. The molecule has 1 aromatic rings. The average Bonchev–Trinajstić information content (AvgIpc) is 2.75. The van der Waals surface area contributed by atoms with Crippen molar-refractivity contribution in [1.29, 1.82) is 5.41 Å². The number of nitrogen functional groups attached to an aromatic ring is 1. The normalized spacial score (nSPS) is 34.9. The topological polar surface area (TPSA) is 129 Å². The van der Waals surface area contributed by atoms with E-state index < -0.39 is 24.5 Å². The zero-order valence-corrected chi connectivity index (χ0v) is 8.87. The average molecular weight is 239 g/mol. The van der Waals surface area contributed by atoms with E-state index in [0.717, 1.165) is 0 Å². The van der Waals surface area contributed by atoms with E-state index in [9.17, 15) is 10.2 Å². The second-order valence-electron chi connectivity index (χ2n) is 4.19. The van der Waals surface area contributed by atoms with Crippen LogP contribution < -0.4 is 11.1 Å². The molecule has 92 valence electrons. The van der Waals surface area contributed by atoms with Gasteiger partial charge < -0.3 is 26.0 Å². The maximum Gasteiger partial charge on any atom is 0.165 e. The van der Waals surface area contributed by atoms with E-state index in [-0.39, 0.29) is 5.84 Å². The lowest BCUT2D eigenvalue weighted by atomic mass is 10.1. The first-order chi connectivity index (χ1) is 8.09. The fraction of sp³-hybridized carbons (Fsp3) is 0.556. The molecule has 0 aliphatic carbocycles. The highest BCUT2D eigenvalue weighted by atomic mass is 16.6. The molecule has 3 heterocycles. The van der Waals surface area contributed by atoms with E-state index in [0.29, 0.717) is 18.1 Å². The predicted molar refractivity (Wildman–Crippen MR) is 57.7 cm³/mol. The van der Waals surface area contributed by atoms with Crippen LogP contribution in [0, 0.1) is 5.41 Å². The van der Waals surface area contributed by atoms with Crippen molar-refractivity contribution in [2.24, 2.45) is 5.73 Å². The molecule has 0 saturated carbocycles. The molecule has 0 radical (unpaired) electrons. The summed E-state index contributed by atoms with van der Waals surface area (Å²) in [6.45, 7) is 0.334. The number of nitrogens with two attached hydrogens (primary N) is 1. The molecule has 1 saturated heterocycles. The summed E-state index contributed by atoms with van der Waals surface area (Å²) in [7, 11) is 0. The number of imidazole rings is 1. The van der Waals surface area contributed by atoms with Crippen molar-refractivity contribution in [3.8, 4) is 0 Å². The van der Waals surface area contributed by atoms with Crippen molar-refractivity contribution in [1.82, 2.24) is 9.55 Å². The SMILES string of the molecule is N=C(N)c1ncn2c1NC[C@H]1O[C@@H]2C(O)C1O. The maximum absolute atomic E-state index is 9.85. The molecule has 0 aromatic carbocycles. The summed E-state index contributed by atoms with van der Waals surface area (Å²) in [5, 5.41) is 30.0. The summed E-state index contributed by atoms with van der Waals surface area (Å²) in [5.74, 6) is 0.384. The molecule has 8 heteroatoms. The third-order valence-electron chi connectivity index (χ3n) is 3.13. The van der Waals surface area contributed by atoms with Crippen molar-refractivity contribution < 1.29 is 14.9 Å². The summed E-state index contributed by atoms with van der Waals surface area (Å²) in [4.78, 5) is 3.99. The van der Waals surface area contributed by atoms with Gasteiger partial charge in [0, 0.05) is 6.54 Å². The standard InChI is InChI=1S/C9H13N5O3/c10-7(11)4-8-12-1-3-5(15)6(16)9(17-3)14(8)2-13-4/h2-3,5-6,9,12,15-16H,1H2,(H3,10,11)/t3-,5?,6?,9-/m1/s1. The monoisotopic (exact) mass is 239 g/mol. The Hall–Kier alpha value is -1.64. The number of nitrogens with one attached hydrogen (secondary N) is 2. The minimum Gasteiger partial charge on any atom is -0.387 e. The first kappa shape index (κ1) is 10.5. The number of hydrogen-bond acceptors (Lipinski definition) is 6. The quantitative estimate of drug-likeness (QED) is 0.291. The molecule has 2 aliphatic rings. The Bertz CT molecular complexity index is 473. The highest BCUT2D eigenvalue weighted by Crippen LogP contribution is 2.35. The lowest BCUT2D eigenvalue weighted by Gasteiger charge is -2.20. The molecule has 0 amide bonds. The van der Waals surface area contributed by atoms with E-state index in [4.69, 9.17) is 15.9 Å². The summed E-state index contributed by atoms with van der Waals surface area (Å²) in [5.41, 5.74) is 5.73. The van der Waals surface area contributed by atoms with E-state index >= 15 is 0 Å². The highest BCUT2D eigenvalue weighted by Gasteiger charge is 2.46. The molecule has 2 aliphatic heterocycles. The summed E-state index contributed by atoms with van der Waals surface area (Å²) >= 11 is 0. The number of fused-ring (bicyclic) bond motifs is 4. The molecule has 8 nitrogen and oxygen atoms in total. The van der Waals surface area contributed by atoms with Gasteiger partial charge in [0.25, 0.3) is 0 Å². The largest absolute Gasteiger partial charge is 0.387 e. The number of ether oxygens (including phenoxy) is 1. The number of nitrogens with zero attached hydrogens (tertiary/aromatic N) is 2. The molecule has 1 fully saturated rings. The second-order valence-corrected chi connectivity index (χ2v) is 4.19. The Kier molecular flexibility index (Phi) is 2.12. The van der Waals surface area contributed by atoms with Crippen molar-refractivity contribution in [2.75, 3.05) is 11.9 Å². The van der Waals surface area contributed by atoms with Crippen molar-refractivity contribution in [2.45, 2.75) is 24.5 Å². The molecular weight excluding hydrogens is 226 g/mol. The van der Waals surface area contributed by atoms with Crippen LogP contribution in [-0.4, -0.2) is 50.5 Å². The minimum atomic E-state index is -1.00. The van der Waals surface area contributed by atoms with Crippen LogP contribution in [0.1, 0.15) is 11.9 Å². The van der Waals surface area contributed by atoms with Crippen molar-refractivity contribution in [3.63, 3.8) is 0 Å². The summed E-state index contributed by atoms with van der Waals surface area (Å²) in [6, 6.07) is 0. The molecule has 4 atom stereocenters. The number of anilines is 1. The van der Waals surface area contributed by atoms with Gasteiger partial charge in [0.15, 0.2) is 6.23 Å². The van der Waals surface area contributed by atoms with Crippen LogP contribution in [0.2, 0.25) is 0 Å². The Morgan fingerprint density at radius 1 is 1.59 bits per heavy atom. The number of aliphatic hydroxyl groups is 2. The number of amidine groups is 1. The summed E-state index contributed by atoms with van der Waals surface area (Å²) < 4.78 is 7.07. The van der Waals surface area contributed by atoms with Crippen molar-refractivity contribution in [3.05, 3.63) is 12.0 Å². The highest BCUT2D eigenvalue weighted by molar-refractivity contribution is 5.97. The Labute approximate surface area is 96.5 Å². The number of hydrogen-bond donors (Lipinski definition) is 5. The van der Waals surface area contributed by atoms with Gasteiger partial charge in [-0.25, -0.2) is 4.98 Å². The van der Waals surface area contributed by atoms with Gasteiger partial charge >= 0.3 is 0 Å². The van der Waals surface area contributed by atoms with Gasteiger partial charge in [0.2, 0.25) is 0 Å². The number of aliphatic hydroxyl groups excluding tert-OH is 2. The molecular formula is C9H13N5O3. The third kappa shape index (κ3) is 1.35. The van der Waals surface area contributed by atoms with Crippen LogP contribution >= 0.6 is 0 Å². The van der Waals surface area contributed by atoms with E-state index in [2.05, 4.69) is 10.3 Å². The first-order valence-corrected chi connectivity index (χ1v) is 5.26. The molecule has 2 bridgehead atoms. The third-order valence-corrected chi connectivity index (χ3v) is 3.13. The Balaban J connectivity index is 2.07.